The largest absolute Gasteiger partial charge is 0.379 e. The molecule has 1 fully saturated rings. The third-order valence-electron chi connectivity index (χ3n) is 4.57. The third-order valence-corrected chi connectivity index (χ3v) is 7.63. The number of nitrogens with one attached hydrogen (secondary N) is 1. The number of anilines is 1. The molecule has 0 aliphatic carbocycles. The first kappa shape index (κ1) is 22.7. The first-order valence-electron chi connectivity index (χ1n) is 9.54. The fourth-order valence-corrected chi connectivity index (χ4v) is 5.18. The molecule has 13 heteroatoms. The van der Waals surface area contributed by atoms with Crippen LogP contribution in [0, 0.1) is 0 Å². The van der Waals surface area contributed by atoms with Crippen LogP contribution in [0.3, 0.4) is 0 Å². The van der Waals surface area contributed by atoms with Gasteiger partial charge in [0, 0.05) is 24.3 Å². The number of carbonyl (C=O) groups is 1. The molecule has 0 radical (unpaired) electrons. The maximum Gasteiger partial charge on any atom is 0.244 e. The number of morpholine rings is 1. The lowest BCUT2D eigenvalue weighted by Gasteiger charge is -2.25. The van der Waals surface area contributed by atoms with Gasteiger partial charge in [-0.05, 0) is 30.3 Å². The zero-order valence-electron chi connectivity index (χ0n) is 16.7. The van der Waals surface area contributed by atoms with Crippen LogP contribution in [0.15, 0.2) is 59.1 Å². The number of nitrogens with zero attached hydrogens (tertiary/aromatic N) is 5. The van der Waals surface area contributed by atoms with Gasteiger partial charge in [-0.2, -0.15) is 9.40 Å². The second kappa shape index (κ2) is 9.96. The van der Waals surface area contributed by atoms with Gasteiger partial charge in [-0.25, -0.2) is 23.1 Å². The molecule has 168 valence electrons. The van der Waals surface area contributed by atoms with E-state index in [2.05, 4.69) is 20.4 Å². The molecule has 0 unspecified atom stereocenters. The summed E-state index contributed by atoms with van der Waals surface area (Å²) in [6, 6.07) is 8.14. The topological polar surface area (TPSA) is 119 Å². The molecule has 1 aliphatic heterocycles. The summed E-state index contributed by atoms with van der Waals surface area (Å²) in [5.74, 6) is -0.197. The number of pyridine rings is 1. The van der Waals surface area contributed by atoms with Crippen LogP contribution in [0.2, 0.25) is 5.02 Å². The zero-order chi connectivity index (χ0) is 22.6. The summed E-state index contributed by atoms with van der Waals surface area (Å²) in [6.07, 6.45) is 4.22. The van der Waals surface area contributed by atoms with Crippen LogP contribution in [0.5, 0.6) is 0 Å². The normalized spacial score (nSPS) is 14.9. The summed E-state index contributed by atoms with van der Waals surface area (Å²) in [5.41, 5.74) is 1.12. The third kappa shape index (κ3) is 5.27. The van der Waals surface area contributed by atoms with Crippen molar-refractivity contribution in [3.63, 3.8) is 0 Å². The number of aromatic nitrogens is 4. The predicted molar refractivity (Wildman–Crippen MR) is 120 cm³/mol. The lowest BCUT2D eigenvalue weighted by Crippen LogP contribution is -2.40. The van der Waals surface area contributed by atoms with Crippen molar-refractivity contribution < 1.29 is 17.9 Å². The van der Waals surface area contributed by atoms with Crippen molar-refractivity contribution in [1.82, 2.24) is 24.1 Å². The summed E-state index contributed by atoms with van der Waals surface area (Å²) < 4.78 is 33.4. The molecule has 0 atom stereocenters. The Morgan fingerprint density at radius 1 is 1.22 bits per heavy atom. The van der Waals surface area contributed by atoms with Crippen molar-refractivity contribution in [3.8, 4) is 5.69 Å². The van der Waals surface area contributed by atoms with Crippen LogP contribution in [-0.2, 0) is 19.6 Å². The van der Waals surface area contributed by atoms with E-state index in [-0.39, 0.29) is 16.6 Å². The van der Waals surface area contributed by atoms with E-state index < -0.39 is 10.0 Å². The Hall–Kier alpha value is -2.51. The van der Waals surface area contributed by atoms with E-state index in [0.29, 0.717) is 47.7 Å². The Kier molecular flexibility index (Phi) is 7.06. The summed E-state index contributed by atoms with van der Waals surface area (Å²) in [6.45, 7) is 1.39. The molecule has 1 saturated heterocycles. The predicted octanol–water partition coefficient (Wildman–Crippen LogP) is 2.07. The highest BCUT2D eigenvalue weighted by Crippen LogP contribution is 2.25. The van der Waals surface area contributed by atoms with E-state index in [0.717, 1.165) is 0 Å². The van der Waals surface area contributed by atoms with Gasteiger partial charge in [-0.15, -0.1) is 0 Å². The quantitative estimate of drug-likeness (QED) is 0.496. The van der Waals surface area contributed by atoms with Gasteiger partial charge in [-0.1, -0.05) is 23.4 Å². The molecule has 3 heterocycles. The van der Waals surface area contributed by atoms with Crippen molar-refractivity contribution in [3.05, 3.63) is 54.2 Å². The zero-order valence-corrected chi connectivity index (χ0v) is 19.1. The van der Waals surface area contributed by atoms with Gasteiger partial charge in [0.1, 0.15) is 17.6 Å². The highest BCUT2D eigenvalue weighted by molar-refractivity contribution is 7.99. The molecule has 0 saturated carbocycles. The monoisotopic (exact) mass is 494 g/mol. The number of hydrogen-bond acceptors (Lipinski definition) is 8. The highest BCUT2D eigenvalue weighted by Gasteiger charge is 2.26. The molecular formula is C19H19ClN6O4S2. The number of ether oxygens (including phenoxy) is 1. The number of rotatable bonds is 7. The maximum atomic E-state index is 12.7. The summed E-state index contributed by atoms with van der Waals surface area (Å²) >= 11 is 7.26. The molecule has 4 rings (SSSR count). The Morgan fingerprint density at radius 2 is 2.03 bits per heavy atom. The highest BCUT2D eigenvalue weighted by atomic mass is 35.5. The number of thioether (sulfide) groups is 1. The van der Waals surface area contributed by atoms with Crippen LogP contribution in [0.25, 0.3) is 5.69 Å². The molecule has 1 aromatic carbocycles. The van der Waals surface area contributed by atoms with Crippen LogP contribution < -0.4 is 5.32 Å². The minimum Gasteiger partial charge on any atom is -0.379 e. The van der Waals surface area contributed by atoms with E-state index in [1.54, 1.807) is 24.3 Å². The Morgan fingerprint density at radius 3 is 2.72 bits per heavy atom. The lowest BCUT2D eigenvalue weighted by molar-refractivity contribution is -0.113. The van der Waals surface area contributed by atoms with Crippen molar-refractivity contribution in [2.45, 2.75) is 9.92 Å². The van der Waals surface area contributed by atoms with Gasteiger partial charge in [0.05, 0.1) is 35.4 Å². The fraction of sp³-hybridized carbons (Fsp3) is 0.263. The van der Waals surface area contributed by atoms with Crippen LogP contribution in [-0.4, -0.2) is 70.4 Å². The average Bonchev–Trinajstić information content (AvgIpc) is 3.33. The number of amides is 1. The average molecular weight is 495 g/mol. The number of sulfonamides is 1. The van der Waals surface area contributed by atoms with Gasteiger partial charge in [-0.3, -0.25) is 4.79 Å². The van der Waals surface area contributed by atoms with Crippen molar-refractivity contribution in [2.24, 2.45) is 0 Å². The molecule has 1 amide bonds. The Bertz CT molecular complexity index is 1180. The van der Waals surface area contributed by atoms with E-state index >= 15 is 0 Å². The fourth-order valence-electron chi connectivity index (χ4n) is 3.01. The minimum atomic E-state index is -3.60. The molecule has 0 spiro atoms. The molecule has 1 N–H and O–H groups in total. The number of halogens is 1. The Balaban J connectivity index is 1.38. The molecule has 0 bridgehead atoms. The standard InChI is InChI=1S/C19H19ClN6O4S2/c20-14-1-3-17(26-13-21-12-23-26)16(9-14)24-18(27)11-31-19-4-2-15(10-22-19)32(28,29)25-5-7-30-8-6-25/h1-4,9-10,12-13H,5-8,11H2,(H,24,27). The van der Waals surface area contributed by atoms with Gasteiger partial charge < -0.3 is 10.1 Å². The summed E-state index contributed by atoms with van der Waals surface area (Å²) in [5, 5.41) is 7.89. The van der Waals surface area contributed by atoms with Gasteiger partial charge in [0.2, 0.25) is 15.9 Å². The van der Waals surface area contributed by atoms with E-state index in [9.17, 15) is 13.2 Å². The van der Waals surface area contributed by atoms with Crippen molar-refractivity contribution in [1.29, 1.82) is 0 Å². The smallest absolute Gasteiger partial charge is 0.244 e. The summed E-state index contributed by atoms with van der Waals surface area (Å²) in [7, 11) is -3.60. The number of hydrogen-bond donors (Lipinski definition) is 1. The molecule has 3 aromatic rings. The van der Waals surface area contributed by atoms with Crippen molar-refractivity contribution >= 4 is 45.0 Å². The van der Waals surface area contributed by atoms with Gasteiger partial charge in [0.25, 0.3) is 0 Å². The SMILES string of the molecule is O=C(CSc1ccc(S(=O)(=O)N2CCOCC2)cn1)Nc1cc(Cl)ccc1-n1cncn1. The first-order valence-corrected chi connectivity index (χ1v) is 12.3. The summed E-state index contributed by atoms with van der Waals surface area (Å²) in [4.78, 5) is 20.7. The second-order valence-corrected chi connectivity index (χ2v) is 10.1. The van der Waals surface area contributed by atoms with Crippen LogP contribution in [0.4, 0.5) is 5.69 Å². The Labute approximate surface area is 194 Å². The minimum absolute atomic E-state index is 0.0753. The van der Waals surface area contributed by atoms with E-state index in [4.69, 9.17) is 16.3 Å². The molecule has 2 aromatic heterocycles. The number of benzene rings is 1. The molecule has 32 heavy (non-hydrogen) atoms. The van der Waals surface area contributed by atoms with E-state index in [1.165, 1.54) is 45.7 Å². The van der Waals surface area contributed by atoms with Crippen molar-refractivity contribution in [2.75, 3.05) is 37.4 Å². The lowest BCUT2D eigenvalue weighted by atomic mass is 10.2. The molecular weight excluding hydrogens is 476 g/mol. The molecule has 10 nitrogen and oxygen atoms in total. The second-order valence-electron chi connectivity index (χ2n) is 6.69. The van der Waals surface area contributed by atoms with Crippen LogP contribution in [0.1, 0.15) is 0 Å². The number of carbonyl (C=O) groups excluding carboxylic acids is 1. The van der Waals surface area contributed by atoms with Gasteiger partial charge >= 0.3 is 0 Å². The van der Waals surface area contributed by atoms with Crippen LogP contribution >= 0.6 is 23.4 Å². The van der Waals surface area contributed by atoms with E-state index in [1.807, 2.05) is 0 Å². The first-order chi connectivity index (χ1) is 15.4. The molecule has 1 aliphatic rings. The van der Waals surface area contributed by atoms with Gasteiger partial charge in [0.15, 0.2) is 0 Å². The maximum absolute atomic E-state index is 12.7.